The molecule has 0 radical (unpaired) electrons. The van der Waals surface area contributed by atoms with Gasteiger partial charge in [0.05, 0.1) is 0 Å². The number of carbonyl (C=O) groups is 2. The van der Waals surface area contributed by atoms with Gasteiger partial charge in [0.1, 0.15) is 0 Å². The van der Waals surface area contributed by atoms with E-state index < -0.39 is 0 Å². The second-order valence-electron chi connectivity index (χ2n) is 4.77. The predicted octanol–water partition coefficient (Wildman–Crippen LogP) is 1.56. The van der Waals surface area contributed by atoms with Crippen LogP contribution in [-0.4, -0.2) is 17.9 Å². The lowest BCUT2D eigenvalue weighted by Crippen LogP contribution is -2.32. The van der Waals surface area contributed by atoms with Crippen molar-refractivity contribution in [3.8, 4) is 0 Å². The first-order valence-electron chi connectivity index (χ1n) is 6.30. The van der Waals surface area contributed by atoms with Gasteiger partial charge >= 0.3 is 0 Å². The molecule has 1 aromatic rings. The molecule has 0 saturated carbocycles. The Morgan fingerprint density at radius 2 is 2.00 bits per heavy atom. The van der Waals surface area contributed by atoms with Crippen LogP contribution in [0.1, 0.15) is 38.8 Å². The predicted molar refractivity (Wildman–Crippen MR) is 75.6 cm³/mol. The molecular formula is C14H21N3O2. The fraction of sp³-hybridized carbons (Fsp3) is 0.429. The van der Waals surface area contributed by atoms with Crippen molar-refractivity contribution in [1.29, 1.82) is 0 Å². The SMILES string of the molecule is CC(=O)Nc1cccc(C(C)NC(C)CC(N)=O)c1. The first-order valence-corrected chi connectivity index (χ1v) is 6.30. The van der Waals surface area contributed by atoms with Gasteiger partial charge in [-0.15, -0.1) is 0 Å². The van der Waals surface area contributed by atoms with Crippen LogP contribution in [-0.2, 0) is 9.59 Å². The van der Waals surface area contributed by atoms with Gasteiger partial charge in [0, 0.05) is 31.1 Å². The van der Waals surface area contributed by atoms with Gasteiger partial charge in [-0.25, -0.2) is 0 Å². The number of nitrogens with two attached hydrogens (primary N) is 1. The Hall–Kier alpha value is -1.88. The first kappa shape index (κ1) is 15.2. The number of hydrogen-bond acceptors (Lipinski definition) is 3. The van der Waals surface area contributed by atoms with Crippen LogP contribution in [0.3, 0.4) is 0 Å². The van der Waals surface area contributed by atoms with E-state index in [1.807, 2.05) is 38.1 Å². The summed E-state index contributed by atoms with van der Waals surface area (Å²) in [6.07, 6.45) is 0.301. The molecule has 5 heteroatoms. The van der Waals surface area contributed by atoms with E-state index in [0.717, 1.165) is 11.3 Å². The highest BCUT2D eigenvalue weighted by Crippen LogP contribution is 2.18. The number of nitrogens with one attached hydrogen (secondary N) is 2. The number of amides is 2. The molecule has 0 aliphatic heterocycles. The number of anilines is 1. The molecule has 2 amide bonds. The smallest absolute Gasteiger partial charge is 0.221 e. The summed E-state index contributed by atoms with van der Waals surface area (Å²) in [6.45, 7) is 5.40. The zero-order valence-corrected chi connectivity index (χ0v) is 11.6. The molecule has 0 heterocycles. The second kappa shape index (κ2) is 6.89. The van der Waals surface area contributed by atoms with Crippen LogP contribution in [0.15, 0.2) is 24.3 Å². The fourth-order valence-electron chi connectivity index (χ4n) is 1.97. The molecule has 0 aromatic heterocycles. The Morgan fingerprint density at radius 3 is 2.58 bits per heavy atom. The Balaban J connectivity index is 2.68. The van der Waals surface area contributed by atoms with E-state index in [4.69, 9.17) is 5.73 Å². The fourth-order valence-corrected chi connectivity index (χ4v) is 1.97. The summed E-state index contributed by atoms with van der Waals surface area (Å²) < 4.78 is 0. The quantitative estimate of drug-likeness (QED) is 0.728. The molecule has 0 fully saturated rings. The average molecular weight is 263 g/mol. The molecule has 0 spiro atoms. The van der Waals surface area contributed by atoms with Crippen LogP contribution in [0.2, 0.25) is 0 Å². The molecule has 2 atom stereocenters. The molecule has 1 rings (SSSR count). The monoisotopic (exact) mass is 263 g/mol. The first-order chi connectivity index (χ1) is 8.88. The Labute approximate surface area is 113 Å². The van der Waals surface area contributed by atoms with Gasteiger partial charge in [-0.3, -0.25) is 9.59 Å². The third-order valence-corrected chi connectivity index (χ3v) is 2.75. The molecule has 1 aromatic carbocycles. The van der Waals surface area contributed by atoms with E-state index in [1.54, 1.807) is 0 Å². The third kappa shape index (κ3) is 5.52. The lowest BCUT2D eigenvalue weighted by Gasteiger charge is -2.20. The van der Waals surface area contributed by atoms with Crippen molar-refractivity contribution in [2.45, 2.75) is 39.3 Å². The number of primary amides is 1. The lowest BCUT2D eigenvalue weighted by atomic mass is 10.1. The standard InChI is InChI=1S/C14H21N3O2/c1-9(7-14(15)19)16-10(2)12-5-4-6-13(8-12)17-11(3)18/h4-6,8-10,16H,7H2,1-3H3,(H2,15,19)(H,17,18). The van der Waals surface area contributed by atoms with Crippen molar-refractivity contribution in [3.05, 3.63) is 29.8 Å². The maximum absolute atomic E-state index is 11.0. The maximum Gasteiger partial charge on any atom is 0.221 e. The van der Waals surface area contributed by atoms with E-state index in [2.05, 4.69) is 10.6 Å². The van der Waals surface area contributed by atoms with Crippen molar-refractivity contribution in [2.75, 3.05) is 5.32 Å². The van der Waals surface area contributed by atoms with Gasteiger partial charge in [0.2, 0.25) is 11.8 Å². The number of hydrogen-bond donors (Lipinski definition) is 3. The van der Waals surface area contributed by atoms with Crippen LogP contribution in [0.5, 0.6) is 0 Å². The molecule has 104 valence electrons. The Bertz CT molecular complexity index is 460. The van der Waals surface area contributed by atoms with E-state index in [-0.39, 0.29) is 23.9 Å². The molecule has 2 unspecified atom stereocenters. The number of benzene rings is 1. The molecule has 4 N–H and O–H groups in total. The third-order valence-electron chi connectivity index (χ3n) is 2.75. The normalized spacial score (nSPS) is 13.6. The van der Waals surface area contributed by atoms with Crippen molar-refractivity contribution in [3.63, 3.8) is 0 Å². The van der Waals surface area contributed by atoms with E-state index in [0.29, 0.717) is 6.42 Å². The molecule has 0 aliphatic rings. The minimum absolute atomic E-state index is 0.0110. The van der Waals surface area contributed by atoms with Crippen LogP contribution in [0, 0.1) is 0 Å². The lowest BCUT2D eigenvalue weighted by molar-refractivity contribution is -0.118. The number of carbonyl (C=O) groups excluding carboxylic acids is 2. The minimum atomic E-state index is -0.320. The van der Waals surface area contributed by atoms with Crippen molar-refractivity contribution in [1.82, 2.24) is 5.32 Å². The molecule has 5 nitrogen and oxygen atoms in total. The summed E-state index contributed by atoms with van der Waals surface area (Å²) in [6, 6.07) is 7.69. The molecule has 0 bridgehead atoms. The van der Waals surface area contributed by atoms with Crippen LogP contribution in [0.25, 0.3) is 0 Å². The van der Waals surface area contributed by atoms with Gasteiger partial charge in [0.15, 0.2) is 0 Å². The summed E-state index contributed by atoms with van der Waals surface area (Å²) in [5.41, 5.74) is 6.97. The summed E-state index contributed by atoms with van der Waals surface area (Å²) in [4.78, 5) is 21.9. The Morgan fingerprint density at radius 1 is 1.32 bits per heavy atom. The van der Waals surface area contributed by atoms with Gasteiger partial charge in [-0.1, -0.05) is 12.1 Å². The van der Waals surface area contributed by atoms with Gasteiger partial charge in [0.25, 0.3) is 0 Å². The largest absolute Gasteiger partial charge is 0.370 e. The zero-order chi connectivity index (χ0) is 14.4. The van der Waals surface area contributed by atoms with E-state index >= 15 is 0 Å². The van der Waals surface area contributed by atoms with Crippen molar-refractivity contribution in [2.24, 2.45) is 5.73 Å². The molecular weight excluding hydrogens is 242 g/mol. The van der Waals surface area contributed by atoms with Crippen molar-refractivity contribution < 1.29 is 9.59 Å². The topological polar surface area (TPSA) is 84.2 Å². The summed E-state index contributed by atoms with van der Waals surface area (Å²) in [7, 11) is 0. The van der Waals surface area contributed by atoms with Crippen LogP contribution in [0.4, 0.5) is 5.69 Å². The minimum Gasteiger partial charge on any atom is -0.370 e. The highest BCUT2D eigenvalue weighted by Gasteiger charge is 2.11. The molecule has 0 aliphatic carbocycles. The highest BCUT2D eigenvalue weighted by atomic mass is 16.1. The summed E-state index contributed by atoms with van der Waals surface area (Å²) in [5.74, 6) is -0.418. The van der Waals surface area contributed by atoms with Gasteiger partial charge in [-0.05, 0) is 31.5 Å². The summed E-state index contributed by atoms with van der Waals surface area (Å²) in [5, 5.41) is 6.04. The zero-order valence-electron chi connectivity index (χ0n) is 11.6. The summed E-state index contributed by atoms with van der Waals surface area (Å²) >= 11 is 0. The van der Waals surface area contributed by atoms with E-state index in [1.165, 1.54) is 6.92 Å². The Kier molecular flexibility index (Phi) is 5.51. The molecule has 19 heavy (non-hydrogen) atoms. The van der Waals surface area contributed by atoms with Crippen molar-refractivity contribution >= 4 is 17.5 Å². The maximum atomic E-state index is 11.0. The van der Waals surface area contributed by atoms with Gasteiger partial charge in [-0.2, -0.15) is 0 Å². The van der Waals surface area contributed by atoms with Crippen LogP contribution >= 0.6 is 0 Å². The van der Waals surface area contributed by atoms with E-state index in [9.17, 15) is 9.59 Å². The highest BCUT2D eigenvalue weighted by molar-refractivity contribution is 5.88. The average Bonchev–Trinajstić information content (AvgIpc) is 2.27. The second-order valence-corrected chi connectivity index (χ2v) is 4.77. The van der Waals surface area contributed by atoms with Gasteiger partial charge < -0.3 is 16.4 Å². The van der Waals surface area contributed by atoms with Crippen LogP contribution < -0.4 is 16.4 Å². The number of rotatable bonds is 6. The molecule has 0 saturated heterocycles.